The summed E-state index contributed by atoms with van der Waals surface area (Å²) in [6.45, 7) is 3.60. The van der Waals surface area contributed by atoms with E-state index in [2.05, 4.69) is 36.9 Å². The Kier molecular flexibility index (Phi) is 21.4. The molecule has 0 N–H and O–H groups in total. The Balaban J connectivity index is 0. The van der Waals surface area contributed by atoms with Gasteiger partial charge in [0.05, 0.1) is 20.6 Å². The minimum absolute atomic E-state index is 0. The van der Waals surface area contributed by atoms with E-state index >= 15 is 0 Å². The molecule has 22 heavy (non-hydrogen) atoms. The van der Waals surface area contributed by atoms with E-state index in [0.29, 0.717) is 0 Å². The van der Waals surface area contributed by atoms with E-state index in [-0.39, 0.29) is 24.0 Å². The van der Waals surface area contributed by atoms with Crippen LogP contribution < -0.4 is 24.0 Å². The van der Waals surface area contributed by atoms with Crippen LogP contribution in [0.1, 0.15) is 96.8 Å². The third-order valence-electron chi connectivity index (χ3n) is 4.44. The lowest BCUT2D eigenvalue weighted by molar-refractivity contribution is -0.876. The van der Waals surface area contributed by atoms with Crippen LogP contribution >= 0.6 is 15.9 Å². The second-order valence-corrected chi connectivity index (χ2v) is 7.88. The van der Waals surface area contributed by atoms with Gasteiger partial charge in [0, 0.05) is 0 Å². The molecular weight excluding hydrogens is 449 g/mol. The van der Waals surface area contributed by atoms with E-state index in [4.69, 9.17) is 0 Å². The minimum Gasteiger partial charge on any atom is -1.00 e. The van der Waals surface area contributed by atoms with Crippen molar-refractivity contribution in [2.45, 2.75) is 96.8 Å². The van der Waals surface area contributed by atoms with Crippen LogP contribution in [-0.2, 0) is 0 Å². The van der Waals surface area contributed by atoms with Crippen molar-refractivity contribution in [3.8, 4) is 0 Å². The SMILES string of the molecule is CCCCCCCCCCCCCCCC[N+](C)(C)CBr.[I-]. The topological polar surface area (TPSA) is 0 Å². The lowest BCUT2D eigenvalue weighted by Gasteiger charge is -2.26. The van der Waals surface area contributed by atoms with Gasteiger partial charge in [0.2, 0.25) is 0 Å². The van der Waals surface area contributed by atoms with Crippen LogP contribution in [0.2, 0.25) is 0 Å². The summed E-state index contributed by atoms with van der Waals surface area (Å²) in [6, 6.07) is 0. The quantitative estimate of drug-likeness (QED) is 0.101. The summed E-state index contributed by atoms with van der Waals surface area (Å²) in [6.07, 6.45) is 20.3. The zero-order chi connectivity index (χ0) is 15.8. The van der Waals surface area contributed by atoms with E-state index in [1.165, 1.54) is 96.4 Å². The Morgan fingerprint density at radius 2 is 0.909 bits per heavy atom. The van der Waals surface area contributed by atoms with Gasteiger partial charge in [-0.3, -0.25) is 0 Å². The molecule has 0 radical (unpaired) electrons. The van der Waals surface area contributed by atoms with E-state index in [9.17, 15) is 0 Å². The second kappa shape index (κ2) is 18.5. The molecule has 1 nitrogen and oxygen atoms in total. The average molecular weight is 490 g/mol. The van der Waals surface area contributed by atoms with Crippen LogP contribution in [0, 0.1) is 0 Å². The first kappa shape index (κ1) is 25.4. The second-order valence-electron chi connectivity index (χ2n) is 7.38. The van der Waals surface area contributed by atoms with Gasteiger partial charge in [-0.2, -0.15) is 0 Å². The van der Waals surface area contributed by atoms with Gasteiger partial charge in [-0.15, -0.1) is 0 Å². The summed E-state index contributed by atoms with van der Waals surface area (Å²) in [5, 5.41) is 0. The molecule has 0 rings (SSSR count). The molecule has 0 aromatic heterocycles. The highest BCUT2D eigenvalue weighted by atomic mass is 127. The molecule has 0 aromatic rings. The smallest absolute Gasteiger partial charge is 0.133 e. The molecule has 0 aliphatic heterocycles. The van der Waals surface area contributed by atoms with Crippen molar-refractivity contribution < 1.29 is 28.5 Å². The molecule has 0 saturated carbocycles. The van der Waals surface area contributed by atoms with Gasteiger partial charge in [-0.25, -0.2) is 0 Å². The number of nitrogens with zero attached hydrogens (tertiary/aromatic N) is 1. The fourth-order valence-electron chi connectivity index (χ4n) is 2.79. The Hall–Kier alpha value is 1.17. The molecule has 0 heterocycles. The monoisotopic (exact) mass is 489 g/mol. The third kappa shape index (κ3) is 19.2. The minimum atomic E-state index is 0. The summed E-state index contributed by atoms with van der Waals surface area (Å²) in [4.78, 5) is 0. The van der Waals surface area contributed by atoms with Crippen molar-refractivity contribution in [3.05, 3.63) is 0 Å². The lowest BCUT2D eigenvalue weighted by Crippen LogP contribution is -3.00. The van der Waals surface area contributed by atoms with Gasteiger partial charge < -0.3 is 28.5 Å². The summed E-state index contributed by atoms with van der Waals surface area (Å²) in [7, 11) is 4.61. The molecule has 136 valence electrons. The number of hydrogen-bond acceptors (Lipinski definition) is 0. The normalized spacial score (nSPS) is 11.5. The van der Waals surface area contributed by atoms with Gasteiger partial charge in [0.25, 0.3) is 0 Å². The van der Waals surface area contributed by atoms with E-state index < -0.39 is 0 Å². The Morgan fingerprint density at radius 1 is 0.591 bits per heavy atom. The van der Waals surface area contributed by atoms with Gasteiger partial charge in [-0.05, 0) is 28.8 Å². The molecule has 0 spiro atoms. The molecule has 0 saturated heterocycles. The number of rotatable bonds is 16. The summed E-state index contributed by atoms with van der Waals surface area (Å²) in [5.74, 6) is 0. The summed E-state index contributed by atoms with van der Waals surface area (Å²) in [5.41, 5.74) is 1.07. The number of quaternary nitrogens is 1. The fourth-order valence-corrected chi connectivity index (χ4v) is 3.04. The van der Waals surface area contributed by atoms with Gasteiger partial charge >= 0.3 is 0 Å². The lowest BCUT2D eigenvalue weighted by atomic mass is 10.0. The number of alkyl halides is 1. The van der Waals surface area contributed by atoms with Crippen molar-refractivity contribution in [2.75, 3.05) is 26.1 Å². The maximum Gasteiger partial charge on any atom is 0.133 e. The van der Waals surface area contributed by atoms with Crippen LogP contribution in [0.4, 0.5) is 0 Å². The molecule has 0 fully saturated rings. The van der Waals surface area contributed by atoms with Crippen molar-refractivity contribution in [2.24, 2.45) is 0 Å². The number of hydrogen-bond donors (Lipinski definition) is 0. The first-order valence-corrected chi connectivity index (χ1v) is 10.6. The first-order chi connectivity index (χ1) is 10.1. The van der Waals surface area contributed by atoms with E-state index in [1.807, 2.05) is 0 Å². The predicted octanol–water partition coefficient (Wildman–Crippen LogP) is 3.90. The Bertz CT molecular complexity index is 210. The average Bonchev–Trinajstić information content (AvgIpc) is 2.47. The van der Waals surface area contributed by atoms with Crippen LogP contribution in [-0.4, -0.2) is 30.6 Å². The Morgan fingerprint density at radius 3 is 1.23 bits per heavy atom. The molecule has 0 bridgehead atoms. The highest BCUT2D eigenvalue weighted by Gasteiger charge is 2.10. The maximum absolute atomic E-state index is 3.58. The summed E-state index contributed by atoms with van der Waals surface area (Å²) < 4.78 is 1.11. The zero-order valence-electron chi connectivity index (χ0n) is 15.5. The molecule has 0 unspecified atom stereocenters. The Labute approximate surface area is 166 Å². The van der Waals surface area contributed by atoms with Crippen molar-refractivity contribution in [3.63, 3.8) is 0 Å². The number of halogens is 2. The molecule has 0 aromatic carbocycles. The molecule has 0 atom stereocenters. The van der Waals surface area contributed by atoms with Crippen molar-refractivity contribution in [1.29, 1.82) is 0 Å². The first-order valence-electron chi connectivity index (χ1n) is 9.50. The predicted molar refractivity (Wildman–Crippen MR) is 101 cm³/mol. The molecule has 0 aliphatic carbocycles. The van der Waals surface area contributed by atoms with Crippen LogP contribution in [0.15, 0.2) is 0 Å². The molecule has 0 aliphatic rings. The van der Waals surface area contributed by atoms with Crippen molar-refractivity contribution >= 4 is 15.9 Å². The molecule has 0 amide bonds. The molecular formula is C19H41BrIN. The highest BCUT2D eigenvalue weighted by molar-refractivity contribution is 9.09. The van der Waals surface area contributed by atoms with Crippen molar-refractivity contribution in [1.82, 2.24) is 0 Å². The van der Waals surface area contributed by atoms with E-state index in [1.54, 1.807) is 0 Å². The standard InChI is InChI=1S/C19H41BrN.HI/c1-4-5-6-7-8-9-10-11-12-13-14-15-16-17-18-21(2,3)19-20;/h4-19H2,1-3H3;1H/q+1;/p-1. The van der Waals surface area contributed by atoms with Crippen LogP contribution in [0.25, 0.3) is 0 Å². The van der Waals surface area contributed by atoms with Crippen LogP contribution in [0.3, 0.4) is 0 Å². The summed E-state index contributed by atoms with van der Waals surface area (Å²) >= 11 is 3.58. The number of unbranched alkanes of at least 4 members (excludes halogenated alkanes) is 13. The van der Waals surface area contributed by atoms with E-state index in [0.717, 1.165) is 9.94 Å². The highest BCUT2D eigenvalue weighted by Crippen LogP contribution is 2.13. The largest absolute Gasteiger partial charge is 1.00 e. The fraction of sp³-hybridized carbons (Fsp3) is 1.00. The van der Waals surface area contributed by atoms with Gasteiger partial charge in [0.1, 0.15) is 5.45 Å². The van der Waals surface area contributed by atoms with Gasteiger partial charge in [0.15, 0.2) is 0 Å². The maximum atomic E-state index is 3.58. The third-order valence-corrected chi connectivity index (χ3v) is 5.80. The van der Waals surface area contributed by atoms with Gasteiger partial charge in [-0.1, -0.05) is 84.0 Å². The van der Waals surface area contributed by atoms with Crippen LogP contribution in [0.5, 0.6) is 0 Å². The zero-order valence-corrected chi connectivity index (χ0v) is 19.3. The molecule has 3 heteroatoms.